The topological polar surface area (TPSA) is 75.7 Å². The average Bonchev–Trinajstić information content (AvgIpc) is 2.77. The summed E-state index contributed by atoms with van der Waals surface area (Å²) < 4.78 is 5.47. The lowest BCUT2D eigenvalue weighted by molar-refractivity contribution is -0.128. The van der Waals surface area contributed by atoms with E-state index in [1.165, 1.54) is 0 Å². The predicted octanol–water partition coefficient (Wildman–Crippen LogP) is 2.57. The summed E-state index contributed by atoms with van der Waals surface area (Å²) >= 11 is 12.7. The number of amides is 3. The molecule has 1 fully saturated rings. The number of benzene rings is 1. The van der Waals surface area contributed by atoms with Gasteiger partial charge < -0.3 is 10.1 Å². The van der Waals surface area contributed by atoms with Crippen molar-refractivity contribution < 1.29 is 19.1 Å². The van der Waals surface area contributed by atoms with Crippen molar-refractivity contribution in [3.63, 3.8) is 0 Å². The molecule has 2 rings (SSSR count). The minimum absolute atomic E-state index is 0.145. The van der Waals surface area contributed by atoms with E-state index in [9.17, 15) is 14.4 Å². The van der Waals surface area contributed by atoms with Crippen LogP contribution in [0.3, 0.4) is 0 Å². The summed E-state index contributed by atoms with van der Waals surface area (Å²) in [7, 11) is 0. The molecule has 0 aliphatic carbocycles. The molecule has 0 bridgehead atoms. The highest BCUT2D eigenvalue weighted by Gasteiger charge is 2.29. The van der Waals surface area contributed by atoms with Crippen LogP contribution in [0.2, 0.25) is 10.0 Å². The van der Waals surface area contributed by atoms with Crippen LogP contribution in [0.25, 0.3) is 0 Å². The first kappa shape index (κ1) is 17.9. The van der Waals surface area contributed by atoms with Crippen molar-refractivity contribution in [3.05, 3.63) is 28.2 Å². The highest BCUT2D eigenvalue weighted by atomic mass is 35.5. The molecular formula is C14H14Cl2N2O4S. The van der Waals surface area contributed by atoms with Crippen LogP contribution in [0.5, 0.6) is 5.75 Å². The van der Waals surface area contributed by atoms with Gasteiger partial charge in [-0.3, -0.25) is 19.3 Å². The van der Waals surface area contributed by atoms with Crippen LogP contribution in [0.1, 0.15) is 6.92 Å². The molecule has 0 saturated carbocycles. The Bertz CT molecular complexity index is 605. The van der Waals surface area contributed by atoms with Crippen molar-refractivity contribution in [1.82, 2.24) is 10.2 Å². The molecule has 1 N–H and O–H groups in total. The first-order valence-corrected chi connectivity index (χ1v) is 8.48. The zero-order valence-electron chi connectivity index (χ0n) is 12.2. The van der Waals surface area contributed by atoms with Crippen LogP contribution in [0.15, 0.2) is 18.2 Å². The van der Waals surface area contributed by atoms with E-state index in [0.717, 1.165) is 16.7 Å². The van der Waals surface area contributed by atoms with Gasteiger partial charge in [-0.25, -0.2) is 0 Å². The van der Waals surface area contributed by atoms with Gasteiger partial charge in [0.1, 0.15) is 5.75 Å². The first-order chi connectivity index (χ1) is 10.9. The van der Waals surface area contributed by atoms with Gasteiger partial charge in [-0.1, -0.05) is 35.0 Å². The summed E-state index contributed by atoms with van der Waals surface area (Å²) in [6, 6.07) is 4.66. The maximum absolute atomic E-state index is 12.0. The molecule has 124 valence electrons. The Morgan fingerprint density at radius 1 is 1.35 bits per heavy atom. The van der Waals surface area contributed by atoms with Crippen molar-refractivity contribution in [2.45, 2.75) is 13.0 Å². The molecule has 1 aromatic rings. The van der Waals surface area contributed by atoms with E-state index < -0.39 is 6.10 Å². The summed E-state index contributed by atoms with van der Waals surface area (Å²) in [5, 5.41) is 3.14. The average molecular weight is 377 g/mol. The van der Waals surface area contributed by atoms with Gasteiger partial charge in [-0.05, 0) is 25.1 Å². The second-order valence-electron chi connectivity index (χ2n) is 4.76. The fraction of sp³-hybridized carbons (Fsp3) is 0.357. The lowest BCUT2D eigenvalue weighted by atomic mass is 10.3. The van der Waals surface area contributed by atoms with Gasteiger partial charge in [-0.15, -0.1) is 0 Å². The highest BCUT2D eigenvalue weighted by Crippen LogP contribution is 2.25. The molecule has 6 nitrogen and oxygen atoms in total. The quantitative estimate of drug-likeness (QED) is 0.825. The molecule has 0 spiro atoms. The van der Waals surface area contributed by atoms with Gasteiger partial charge in [0.15, 0.2) is 6.10 Å². The van der Waals surface area contributed by atoms with Crippen molar-refractivity contribution in [3.8, 4) is 5.75 Å². The van der Waals surface area contributed by atoms with Crippen molar-refractivity contribution in [1.29, 1.82) is 0 Å². The number of imide groups is 1. The standard InChI is InChI=1S/C14H14Cl2N2O4S/c1-8(22-11-5-9(15)4-10(16)6-11)13(20)17-2-3-18-12(19)7-23-14(18)21/h4-6,8H,2-3,7H2,1H3,(H,17,20). The maximum Gasteiger partial charge on any atom is 0.288 e. The van der Waals surface area contributed by atoms with Gasteiger partial charge in [0.05, 0.1) is 5.75 Å². The lowest BCUT2D eigenvalue weighted by Crippen LogP contribution is -2.42. The summed E-state index contributed by atoms with van der Waals surface area (Å²) in [4.78, 5) is 35.9. The minimum atomic E-state index is -0.774. The zero-order valence-corrected chi connectivity index (χ0v) is 14.5. The van der Waals surface area contributed by atoms with Crippen LogP contribution < -0.4 is 10.1 Å². The molecule has 1 aliphatic heterocycles. The second-order valence-corrected chi connectivity index (χ2v) is 6.56. The van der Waals surface area contributed by atoms with Gasteiger partial charge in [0.2, 0.25) is 5.91 Å². The van der Waals surface area contributed by atoms with E-state index in [2.05, 4.69) is 5.32 Å². The largest absolute Gasteiger partial charge is 0.481 e. The molecule has 1 heterocycles. The molecule has 1 atom stereocenters. The summed E-state index contributed by atoms with van der Waals surface area (Å²) in [6.45, 7) is 1.89. The summed E-state index contributed by atoms with van der Waals surface area (Å²) in [5.41, 5.74) is 0. The number of carbonyl (C=O) groups is 3. The van der Waals surface area contributed by atoms with Crippen molar-refractivity contribution >= 4 is 52.0 Å². The van der Waals surface area contributed by atoms with Gasteiger partial charge >= 0.3 is 0 Å². The third kappa shape index (κ3) is 5.02. The molecule has 0 aromatic heterocycles. The minimum Gasteiger partial charge on any atom is -0.481 e. The van der Waals surface area contributed by atoms with E-state index in [-0.39, 0.29) is 35.9 Å². The summed E-state index contributed by atoms with van der Waals surface area (Å²) in [6.07, 6.45) is -0.774. The Labute approximate surface area is 147 Å². The number of nitrogens with zero attached hydrogens (tertiary/aromatic N) is 1. The monoisotopic (exact) mass is 376 g/mol. The van der Waals surface area contributed by atoms with E-state index >= 15 is 0 Å². The van der Waals surface area contributed by atoms with Crippen LogP contribution in [-0.4, -0.2) is 46.9 Å². The Balaban J connectivity index is 1.81. The predicted molar refractivity (Wildman–Crippen MR) is 89.1 cm³/mol. The van der Waals surface area contributed by atoms with E-state index in [0.29, 0.717) is 15.8 Å². The molecule has 9 heteroatoms. The fourth-order valence-electron chi connectivity index (χ4n) is 1.89. The third-order valence-corrected chi connectivity index (χ3v) is 4.29. The van der Waals surface area contributed by atoms with Gasteiger partial charge in [0.25, 0.3) is 11.1 Å². The highest BCUT2D eigenvalue weighted by molar-refractivity contribution is 8.14. The van der Waals surface area contributed by atoms with Crippen LogP contribution in [-0.2, 0) is 9.59 Å². The number of halogens is 2. The zero-order chi connectivity index (χ0) is 17.0. The normalized spacial score (nSPS) is 15.7. The maximum atomic E-state index is 12.0. The van der Waals surface area contributed by atoms with Gasteiger partial charge in [-0.2, -0.15) is 0 Å². The Kier molecular flexibility index (Phi) is 6.15. The third-order valence-electron chi connectivity index (χ3n) is 2.99. The van der Waals surface area contributed by atoms with Crippen LogP contribution >= 0.6 is 35.0 Å². The number of thioether (sulfide) groups is 1. The molecule has 23 heavy (non-hydrogen) atoms. The van der Waals surface area contributed by atoms with E-state index in [1.807, 2.05) is 0 Å². The molecule has 0 radical (unpaired) electrons. The number of rotatable bonds is 6. The Hall–Kier alpha value is -1.44. The fourth-order valence-corrected chi connectivity index (χ4v) is 3.14. The van der Waals surface area contributed by atoms with Crippen LogP contribution in [0, 0.1) is 0 Å². The summed E-state index contributed by atoms with van der Waals surface area (Å²) in [5.74, 6) is -0.0756. The molecular weight excluding hydrogens is 363 g/mol. The van der Waals surface area contributed by atoms with Crippen molar-refractivity contribution in [2.24, 2.45) is 0 Å². The SMILES string of the molecule is CC(Oc1cc(Cl)cc(Cl)c1)C(=O)NCCN1C(=O)CSC1=O. The Morgan fingerprint density at radius 2 is 2.00 bits per heavy atom. The van der Waals surface area contributed by atoms with E-state index in [1.54, 1.807) is 25.1 Å². The smallest absolute Gasteiger partial charge is 0.288 e. The number of nitrogens with one attached hydrogen (secondary N) is 1. The molecule has 1 aromatic carbocycles. The molecule has 1 saturated heterocycles. The van der Waals surface area contributed by atoms with Crippen LogP contribution in [0.4, 0.5) is 4.79 Å². The van der Waals surface area contributed by atoms with E-state index in [4.69, 9.17) is 27.9 Å². The number of ether oxygens (including phenoxy) is 1. The first-order valence-electron chi connectivity index (χ1n) is 6.74. The second kappa shape index (κ2) is 7.90. The van der Waals surface area contributed by atoms with Crippen molar-refractivity contribution in [2.75, 3.05) is 18.8 Å². The number of carbonyl (C=O) groups excluding carboxylic acids is 3. The Morgan fingerprint density at radius 3 is 2.57 bits per heavy atom. The number of hydrogen-bond acceptors (Lipinski definition) is 5. The van der Waals surface area contributed by atoms with Gasteiger partial charge in [0, 0.05) is 23.1 Å². The lowest BCUT2D eigenvalue weighted by Gasteiger charge is -2.17. The molecule has 1 unspecified atom stereocenters. The molecule has 3 amide bonds. The number of hydrogen-bond donors (Lipinski definition) is 1. The molecule has 1 aliphatic rings.